The summed E-state index contributed by atoms with van der Waals surface area (Å²) in [7, 11) is 0. The Morgan fingerprint density at radius 2 is 2.50 bits per heavy atom. The highest BCUT2D eigenvalue weighted by Crippen LogP contribution is 2.24. The van der Waals surface area contributed by atoms with E-state index in [0.717, 1.165) is 12.2 Å². The maximum Gasteiger partial charge on any atom is 0.345 e. The van der Waals surface area contributed by atoms with Crippen LogP contribution < -0.4 is 0 Å². The summed E-state index contributed by atoms with van der Waals surface area (Å²) in [6.07, 6.45) is 1.20. The van der Waals surface area contributed by atoms with Crippen molar-refractivity contribution in [1.82, 2.24) is 0 Å². The lowest BCUT2D eigenvalue weighted by Gasteiger charge is -2.25. The number of esters is 1. The van der Waals surface area contributed by atoms with E-state index in [1.807, 2.05) is 6.92 Å². The van der Waals surface area contributed by atoms with E-state index in [0.29, 0.717) is 6.61 Å². The molecule has 1 fully saturated rings. The van der Waals surface area contributed by atoms with Gasteiger partial charge in [-0.25, -0.2) is 4.79 Å². The minimum Gasteiger partial charge on any atom is -0.463 e. The molecule has 0 saturated carbocycles. The van der Waals surface area contributed by atoms with Crippen LogP contribution in [0.4, 0.5) is 0 Å². The summed E-state index contributed by atoms with van der Waals surface area (Å²) in [5.41, 5.74) is -0.395. The van der Waals surface area contributed by atoms with Gasteiger partial charge in [0.15, 0.2) is 0 Å². The van der Waals surface area contributed by atoms with E-state index in [2.05, 4.69) is 0 Å². The first kappa shape index (κ1) is 9.86. The van der Waals surface area contributed by atoms with Gasteiger partial charge in [0.05, 0.1) is 12.7 Å². The van der Waals surface area contributed by atoms with Crippen LogP contribution in [-0.4, -0.2) is 29.9 Å². The van der Waals surface area contributed by atoms with Crippen LogP contribution in [0.1, 0.15) is 20.3 Å². The van der Waals surface area contributed by atoms with Gasteiger partial charge in [-0.05, 0) is 26.0 Å². The number of ether oxygens (including phenoxy) is 2. The molecule has 2 atom stereocenters. The summed E-state index contributed by atoms with van der Waals surface area (Å²) in [5, 5.41) is 0. The second-order valence-corrected chi connectivity index (χ2v) is 3.86. The third-order valence-electron chi connectivity index (χ3n) is 1.63. The van der Waals surface area contributed by atoms with Crippen molar-refractivity contribution in [2.24, 2.45) is 0 Å². The van der Waals surface area contributed by atoms with Crippen LogP contribution in [0.15, 0.2) is 0 Å². The van der Waals surface area contributed by atoms with Crippen molar-refractivity contribution >= 4 is 17.7 Å². The lowest BCUT2D eigenvalue weighted by Crippen LogP contribution is -2.31. The fourth-order valence-electron chi connectivity index (χ4n) is 0.993. The van der Waals surface area contributed by atoms with Crippen molar-refractivity contribution in [1.29, 1.82) is 0 Å². The first-order valence-electron chi connectivity index (χ1n) is 4.17. The van der Waals surface area contributed by atoms with Crippen LogP contribution in [0, 0.1) is 0 Å². The van der Waals surface area contributed by atoms with Gasteiger partial charge in [0.2, 0.25) is 5.44 Å². The van der Waals surface area contributed by atoms with E-state index in [4.69, 9.17) is 9.47 Å². The molecule has 0 aromatic heterocycles. The summed E-state index contributed by atoms with van der Waals surface area (Å²) in [4.78, 5) is 11.2. The molecule has 0 amide bonds. The summed E-state index contributed by atoms with van der Waals surface area (Å²) in [5.74, 6) is 0.735. The van der Waals surface area contributed by atoms with Gasteiger partial charge in [-0.2, -0.15) is 0 Å². The average molecular weight is 190 g/mol. The van der Waals surface area contributed by atoms with Gasteiger partial charge in [0.25, 0.3) is 0 Å². The van der Waals surface area contributed by atoms with Gasteiger partial charge in [-0.15, -0.1) is 11.8 Å². The van der Waals surface area contributed by atoms with Gasteiger partial charge in [-0.3, -0.25) is 0 Å². The van der Waals surface area contributed by atoms with Crippen LogP contribution >= 0.6 is 11.8 Å². The molecule has 0 bridgehead atoms. The van der Waals surface area contributed by atoms with Crippen molar-refractivity contribution in [3.63, 3.8) is 0 Å². The standard InChI is InChI=1S/C8H14O3S/c1-3-10-7(9)8-11-6(2)4-5-12-8/h6,8H,3-5H2,1-2H3/t6-,8-/m0/s1. The summed E-state index contributed by atoms with van der Waals surface area (Å²) < 4.78 is 10.2. The Labute approximate surface area is 76.8 Å². The van der Waals surface area contributed by atoms with Gasteiger partial charge in [0.1, 0.15) is 0 Å². The minimum absolute atomic E-state index is 0.181. The highest BCUT2D eigenvalue weighted by molar-refractivity contribution is 8.00. The van der Waals surface area contributed by atoms with E-state index < -0.39 is 5.44 Å². The van der Waals surface area contributed by atoms with Crippen LogP contribution in [0.2, 0.25) is 0 Å². The number of hydrogen-bond donors (Lipinski definition) is 0. The molecule has 0 aliphatic carbocycles. The predicted molar refractivity (Wildman–Crippen MR) is 48.0 cm³/mol. The fourth-order valence-corrected chi connectivity index (χ4v) is 2.15. The second-order valence-electron chi connectivity index (χ2n) is 2.69. The molecule has 1 rings (SSSR count). The molecule has 1 heterocycles. The summed E-state index contributed by atoms with van der Waals surface area (Å²) >= 11 is 1.52. The maximum absolute atomic E-state index is 11.2. The molecule has 1 aliphatic rings. The number of thioether (sulfide) groups is 1. The molecular weight excluding hydrogens is 176 g/mol. The van der Waals surface area contributed by atoms with Crippen molar-refractivity contribution in [2.45, 2.75) is 31.8 Å². The average Bonchev–Trinajstić information content (AvgIpc) is 2.05. The van der Waals surface area contributed by atoms with Crippen LogP contribution in [0.5, 0.6) is 0 Å². The molecule has 3 nitrogen and oxygen atoms in total. The number of rotatable bonds is 2. The van der Waals surface area contributed by atoms with Gasteiger partial charge >= 0.3 is 5.97 Å². The number of hydrogen-bond acceptors (Lipinski definition) is 4. The monoisotopic (exact) mass is 190 g/mol. The SMILES string of the molecule is CCOC(=O)[C@H]1O[C@@H](C)CCS1. The molecule has 4 heteroatoms. The van der Waals surface area contributed by atoms with Crippen molar-refractivity contribution < 1.29 is 14.3 Å². The molecule has 12 heavy (non-hydrogen) atoms. The largest absolute Gasteiger partial charge is 0.463 e. The molecular formula is C8H14O3S. The number of carbonyl (C=O) groups excluding carboxylic acids is 1. The van der Waals surface area contributed by atoms with E-state index in [-0.39, 0.29) is 12.1 Å². The van der Waals surface area contributed by atoms with Crippen LogP contribution in [0.25, 0.3) is 0 Å². The Bertz CT molecular complexity index is 160. The molecule has 1 saturated heterocycles. The molecule has 0 radical (unpaired) electrons. The van der Waals surface area contributed by atoms with E-state index >= 15 is 0 Å². The fraction of sp³-hybridized carbons (Fsp3) is 0.875. The second kappa shape index (κ2) is 4.72. The Morgan fingerprint density at radius 3 is 3.08 bits per heavy atom. The molecule has 0 spiro atoms. The zero-order valence-electron chi connectivity index (χ0n) is 7.41. The molecule has 70 valence electrons. The van der Waals surface area contributed by atoms with Crippen LogP contribution in [0.3, 0.4) is 0 Å². The first-order valence-corrected chi connectivity index (χ1v) is 5.22. The lowest BCUT2D eigenvalue weighted by molar-refractivity contribution is -0.153. The Morgan fingerprint density at radius 1 is 1.75 bits per heavy atom. The Balaban J connectivity index is 2.35. The molecule has 1 aliphatic heterocycles. The smallest absolute Gasteiger partial charge is 0.345 e. The van der Waals surface area contributed by atoms with Gasteiger partial charge in [0, 0.05) is 0 Å². The van der Waals surface area contributed by atoms with Crippen LogP contribution in [-0.2, 0) is 14.3 Å². The molecule has 0 aromatic carbocycles. The van der Waals surface area contributed by atoms with Gasteiger partial charge < -0.3 is 9.47 Å². The molecule has 0 unspecified atom stereocenters. The topological polar surface area (TPSA) is 35.5 Å². The van der Waals surface area contributed by atoms with E-state index in [1.165, 1.54) is 11.8 Å². The molecule has 0 N–H and O–H groups in total. The first-order chi connectivity index (χ1) is 5.74. The third-order valence-corrected chi connectivity index (χ3v) is 2.71. The minimum atomic E-state index is -0.395. The normalized spacial score (nSPS) is 29.8. The number of carbonyl (C=O) groups is 1. The summed E-state index contributed by atoms with van der Waals surface area (Å²) in [6.45, 7) is 4.20. The van der Waals surface area contributed by atoms with Crippen molar-refractivity contribution in [3.05, 3.63) is 0 Å². The Hall–Kier alpha value is -0.220. The highest BCUT2D eigenvalue weighted by Gasteiger charge is 2.27. The zero-order chi connectivity index (χ0) is 8.97. The van der Waals surface area contributed by atoms with Crippen molar-refractivity contribution in [3.8, 4) is 0 Å². The lowest BCUT2D eigenvalue weighted by atomic mass is 10.3. The zero-order valence-corrected chi connectivity index (χ0v) is 8.23. The third kappa shape index (κ3) is 2.68. The molecule has 0 aromatic rings. The highest BCUT2D eigenvalue weighted by atomic mass is 32.2. The summed E-state index contributed by atoms with van der Waals surface area (Å²) in [6, 6.07) is 0. The maximum atomic E-state index is 11.2. The van der Waals surface area contributed by atoms with Crippen molar-refractivity contribution in [2.75, 3.05) is 12.4 Å². The Kier molecular flexibility index (Phi) is 3.88. The van der Waals surface area contributed by atoms with E-state index in [9.17, 15) is 4.79 Å². The van der Waals surface area contributed by atoms with Gasteiger partial charge in [-0.1, -0.05) is 0 Å². The van der Waals surface area contributed by atoms with E-state index in [1.54, 1.807) is 6.92 Å². The predicted octanol–water partition coefficient (Wildman–Crippen LogP) is 1.42. The quantitative estimate of drug-likeness (QED) is 0.617.